The van der Waals surface area contributed by atoms with E-state index < -0.39 is 10.0 Å². The summed E-state index contributed by atoms with van der Waals surface area (Å²) in [6.07, 6.45) is 9.34. The molecular formula is C20H30N2O3S. The molecule has 1 aromatic carbocycles. The molecule has 0 N–H and O–H groups in total. The fraction of sp³-hybridized carbons (Fsp3) is 0.550. The molecule has 1 fully saturated rings. The molecule has 2 rings (SSSR count). The number of unbranched alkanes of at least 4 members (excludes halogenated alkanes) is 1. The number of carbonyl (C=O) groups excluding carboxylic acids is 1. The Morgan fingerprint density at radius 1 is 1.12 bits per heavy atom. The number of benzene rings is 1. The summed E-state index contributed by atoms with van der Waals surface area (Å²) in [6.45, 7) is 4.03. The van der Waals surface area contributed by atoms with Crippen LogP contribution >= 0.6 is 0 Å². The van der Waals surface area contributed by atoms with Crippen LogP contribution in [-0.2, 0) is 14.8 Å². The Bertz CT molecular complexity index is 703. The molecule has 1 amide bonds. The minimum absolute atomic E-state index is 0.0419. The molecular weight excluding hydrogens is 348 g/mol. The molecule has 1 aliphatic heterocycles. The molecule has 0 atom stereocenters. The van der Waals surface area contributed by atoms with Crippen LogP contribution in [-0.4, -0.2) is 50.2 Å². The predicted molar refractivity (Wildman–Crippen MR) is 105 cm³/mol. The van der Waals surface area contributed by atoms with E-state index in [0.29, 0.717) is 18.0 Å². The Kier molecular flexibility index (Phi) is 7.85. The van der Waals surface area contributed by atoms with E-state index >= 15 is 0 Å². The van der Waals surface area contributed by atoms with Crippen LogP contribution in [0.1, 0.15) is 51.0 Å². The van der Waals surface area contributed by atoms with E-state index in [0.717, 1.165) is 50.6 Å². The van der Waals surface area contributed by atoms with Crippen LogP contribution in [0.2, 0.25) is 0 Å². The summed E-state index contributed by atoms with van der Waals surface area (Å²) in [7, 11) is -1.63. The van der Waals surface area contributed by atoms with Crippen LogP contribution in [0.3, 0.4) is 0 Å². The second-order valence-electron chi connectivity index (χ2n) is 6.83. The van der Waals surface area contributed by atoms with Gasteiger partial charge in [0.2, 0.25) is 15.9 Å². The Morgan fingerprint density at radius 3 is 2.31 bits per heavy atom. The maximum Gasteiger partial charge on any atom is 0.246 e. The molecule has 1 aromatic rings. The number of sulfonamides is 1. The normalized spacial score (nSPS) is 16.5. The lowest BCUT2D eigenvalue weighted by molar-refractivity contribution is -0.124. The topological polar surface area (TPSA) is 57.7 Å². The summed E-state index contributed by atoms with van der Waals surface area (Å²) in [4.78, 5) is 14.0. The molecule has 1 heterocycles. The second-order valence-corrected chi connectivity index (χ2v) is 8.77. The highest BCUT2D eigenvalue weighted by Gasteiger charge is 2.24. The number of carbonyl (C=O) groups is 1. The van der Waals surface area contributed by atoms with E-state index in [9.17, 15) is 13.2 Å². The summed E-state index contributed by atoms with van der Waals surface area (Å²) in [5.74, 6) is -0.0419. The van der Waals surface area contributed by atoms with Crippen molar-refractivity contribution in [2.24, 2.45) is 0 Å². The van der Waals surface area contributed by atoms with E-state index in [2.05, 4.69) is 6.92 Å². The Hall–Kier alpha value is -1.66. The van der Waals surface area contributed by atoms with Crippen LogP contribution in [0.4, 0.5) is 0 Å². The van der Waals surface area contributed by atoms with Gasteiger partial charge in [0.25, 0.3) is 0 Å². The standard InChI is InChI=1S/C20H30N2O3S/c1-3-4-15-21(2)20(23)14-11-18-9-12-19(13-10-18)26(24,25)22-16-7-5-6-8-17-22/h9-14H,3-8,15-17H2,1-2H3. The Labute approximate surface area is 157 Å². The Morgan fingerprint density at radius 2 is 1.73 bits per heavy atom. The predicted octanol–water partition coefficient (Wildman–Crippen LogP) is 3.52. The third kappa shape index (κ3) is 5.68. The van der Waals surface area contributed by atoms with Crippen molar-refractivity contribution in [3.05, 3.63) is 35.9 Å². The van der Waals surface area contributed by atoms with E-state index in [4.69, 9.17) is 0 Å². The Balaban J connectivity index is 2.03. The van der Waals surface area contributed by atoms with Gasteiger partial charge in [-0.3, -0.25) is 4.79 Å². The molecule has 26 heavy (non-hydrogen) atoms. The first kappa shape index (κ1) is 20.6. The van der Waals surface area contributed by atoms with Crippen molar-refractivity contribution < 1.29 is 13.2 Å². The molecule has 0 spiro atoms. The van der Waals surface area contributed by atoms with Gasteiger partial charge in [-0.1, -0.05) is 38.3 Å². The average molecular weight is 379 g/mol. The molecule has 0 saturated carbocycles. The summed E-state index contributed by atoms with van der Waals surface area (Å²) in [5, 5.41) is 0. The van der Waals surface area contributed by atoms with Crippen molar-refractivity contribution in [2.75, 3.05) is 26.7 Å². The van der Waals surface area contributed by atoms with Crippen molar-refractivity contribution in [1.29, 1.82) is 0 Å². The molecule has 5 nitrogen and oxygen atoms in total. The van der Waals surface area contributed by atoms with Gasteiger partial charge in [0.1, 0.15) is 0 Å². The zero-order chi connectivity index (χ0) is 19.0. The van der Waals surface area contributed by atoms with E-state index in [1.807, 2.05) is 0 Å². The van der Waals surface area contributed by atoms with Gasteiger partial charge in [-0.2, -0.15) is 4.31 Å². The van der Waals surface area contributed by atoms with Crippen molar-refractivity contribution >= 4 is 22.0 Å². The largest absolute Gasteiger partial charge is 0.342 e. The van der Waals surface area contributed by atoms with Gasteiger partial charge >= 0.3 is 0 Å². The first-order valence-electron chi connectivity index (χ1n) is 9.48. The molecule has 0 aromatic heterocycles. The first-order chi connectivity index (χ1) is 12.4. The molecule has 0 bridgehead atoms. The van der Waals surface area contributed by atoms with Crippen LogP contribution < -0.4 is 0 Å². The SMILES string of the molecule is CCCCN(C)C(=O)C=Cc1ccc(S(=O)(=O)N2CCCCCC2)cc1. The highest BCUT2D eigenvalue weighted by Crippen LogP contribution is 2.21. The maximum absolute atomic E-state index is 12.8. The number of hydrogen-bond donors (Lipinski definition) is 0. The van der Waals surface area contributed by atoms with Crippen molar-refractivity contribution in [3.63, 3.8) is 0 Å². The van der Waals surface area contributed by atoms with Crippen LogP contribution in [0.15, 0.2) is 35.2 Å². The summed E-state index contributed by atoms with van der Waals surface area (Å²) in [6, 6.07) is 6.76. The van der Waals surface area contributed by atoms with Gasteiger partial charge in [0, 0.05) is 32.8 Å². The summed E-state index contributed by atoms with van der Waals surface area (Å²) >= 11 is 0. The third-order valence-electron chi connectivity index (χ3n) is 4.72. The first-order valence-corrected chi connectivity index (χ1v) is 10.9. The van der Waals surface area contributed by atoms with Crippen LogP contribution in [0.25, 0.3) is 6.08 Å². The summed E-state index contributed by atoms with van der Waals surface area (Å²) in [5.41, 5.74) is 0.817. The van der Waals surface area contributed by atoms with Gasteiger partial charge in [-0.25, -0.2) is 8.42 Å². The number of hydrogen-bond acceptors (Lipinski definition) is 3. The maximum atomic E-state index is 12.8. The second kappa shape index (κ2) is 9.88. The van der Waals surface area contributed by atoms with Crippen molar-refractivity contribution in [2.45, 2.75) is 50.3 Å². The molecule has 0 aliphatic carbocycles. The number of likely N-dealkylation sites (N-methyl/N-ethyl adjacent to an activating group) is 1. The van der Waals surface area contributed by atoms with Gasteiger partial charge in [-0.05, 0) is 43.0 Å². The molecule has 1 saturated heterocycles. The lowest BCUT2D eigenvalue weighted by Gasteiger charge is -2.19. The molecule has 6 heteroatoms. The zero-order valence-electron chi connectivity index (χ0n) is 15.9. The monoisotopic (exact) mass is 378 g/mol. The van der Waals surface area contributed by atoms with E-state index in [-0.39, 0.29) is 5.91 Å². The van der Waals surface area contributed by atoms with Crippen LogP contribution in [0, 0.1) is 0 Å². The highest BCUT2D eigenvalue weighted by molar-refractivity contribution is 7.89. The quantitative estimate of drug-likeness (QED) is 0.682. The molecule has 0 unspecified atom stereocenters. The van der Waals surface area contributed by atoms with Gasteiger partial charge < -0.3 is 4.90 Å². The van der Waals surface area contributed by atoms with Gasteiger partial charge in [0.15, 0.2) is 0 Å². The van der Waals surface area contributed by atoms with Crippen molar-refractivity contribution in [1.82, 2.24) is 9.21 Å². The minimum Gasteiger partial charge on any atom is -0.342 e. The zero-order valence-corrected chi connectivity index (χ0v) is 16.7. The highest BCUT2D eigenvalue weighted by atomic mass is 32.2. The minimum atomic E-state index is -3.42. The smallest absolute Gasteiger partial charge is 0.246 e. The molecule has 144 valence electrons. The van der Waals surface area contributed by atoms with E-state index in [1.54, 1.807) is 46.6 Å². The lowest BCUT2D eigenvalue weighted by Crippen LogP contribution is -2.31. The fourth-order valence-electron chi connectivity index (χ4n) is 2.98. The molecule has 0 radical (unpaired) electrons. The van der Waals surface area contributed by atoms with Crippen molar-refractivity contribution in [3.8, 4) is 0 Å². The van der Waals surface area contributed by atoms with Gasteiger partial charge in [-0.15, -0.1) is 0 Å². The number of nitrogens with zero attached hydrogens (tertiary/aromatic N) is 2. The average Bonchev–Trinajstić information content (AvgIpc) is 2.94. The fourth-order valence-corrected chi connectivity index (χ4v) is 4.50. The lowest BCUT2D eigenvalue weighted by atomic mass is 10.2. The number of amides is 1. The van der Waals surface area contributed by atoms with E-state index in [1.165, 1.54) is 6.08 Å². The number of rotatable bonds is 7. The summed E-state index contributed by atoms with van der Waals surface area (Å²) < 4.78 is 27.1. The van der Waals surface area contributed by atoms with Gasteiger partial charge in [0.05, 0.1) is 4.90 Å². The third-order valence-corrected chi connectivity index (χ3v) is 6.64. The molecule has 1 aliphatic rings. The van der Waals surface area contributed by atoms with Crippen LogP contribution in [0.5, 0.6) is 0 Å².